The number of urea groups is 1. The number of hydrogen-bond donors (Lipinski definition) is 2. The van der Waals surface area contributed by atoms with Gasteiger partial charge in [0.15, 0.2) is 0 Å². The van der Waals surface area contributed by atoms with Crippen molar-refractivity contribution in [2.45, 2.75) is 18.4 Å². The number of rotatable bonds is 2. The number of hydrogen-bond acceptors (Lipinski definition) is 4. The lowest BCUT2D eigenvalue weighted by molar-refractivity contribution is -0.384. The Bertz CT molecular complexity index is 492. The molecule has 0 saturated carbocycles. The molecule has 0 spiro atoms. The lowest BCUT2D eigenvalue weighted by Gasteiger charge is -2.38. The molecule has 1 fully saturated rings. The molecular weight excluding hydrogens is 248 g/mol. The van der Waals surface area contributed by atoms with Crippen LogP contribution in [0.4, 0.5) is 10.5 Å². The Balaban J connectivity index is 2.13. The van der Waals surface area contributed by atoms with E-state index in [9.17, 15) is 14.9 Å². The zero-order chi connectivity index (χ0) is 14.0. The van der Waals surface area contributed by atoms with Crippen molar-refractivity contribution < 1.29 is 9.72 Å². The smallest absolute Gasteiger partial charge is 0.314 e. The van der Waals surface area contributed by atoms with E-state index in [4.69, 9.17) is 11.5 Å². The third kappa shape index (κ3) is 2.65. The van der Waals surface area contributed by atoms with Crippen LogP contribution in [0.25, 0.3) is 0 Å². The topological polar surface area (TPSA) is 115 Å². The summed E-state index contributed by atoms with van der Waals surface area (Å²) in [6, 6.07) is 5.82. The van der Waals surface area contributed by atoms with Crippen molar-refractivity contribution >= 4 is 11.7 Å². The molecule has 1 heterocycles. The summed E-state index contributed by atoms with van der Waals surface area (Å²) in [6.07, 6.45) is 1.18. The Labute approximate surface area is 110 Å². The number of primary amides is 1. The van der Waals surface area contributed by atoms with Crippen LogP contribution in [0.3, 0.4) is 0 Å². The second kappa shape index (κ2) is 4.85. The van der Waals surface area contributed by atoms with Crippen molar-refractivity contribution in [3.8, 4) is 0 Å². The highest BCUT2D eigenvalue weighted by Gasteiger charge is 2.33. The number of likely N-dealkylation sites (tertiary alicyclic amines) is 1. The summed E-state index contributed by atoms with van der Waals surface area (Å²) in [5.74, 6) is 0. The second-order valence-electron chi connectivity index (χ2n) is 4.79. The lowest BCUT2D eigenvalue weighted by Crippen LogP contribution is -2.51. The number of amides is 2. The van der Waals surface area contributed by atoms with Gasteiger partial charge in [0.05, 0.1) is 4.92 Å². The molecule has 0 bridgehead atoms. The molecular formula is C12H16N4O3. The fraction of sp³-hybridized carbons (Fsp3) is 0.417. The highest BCUT2D eigenvalue weighted by atomic mass is 16.6. The highest BCUT2D eigenvalue weighted by Crippen LogP contribution is 2.31. The molecule has 0 radical (unpaired) electrons. The van der Waals surface area contributed by atoms with E-state index >= 15 is 0 Å². The minimum absolute atomic E-state index is 0.0434. The van der Waals surface area contributed by atoms with E-state index in [2.05, 4.69) is 0 Å². The number of nitrogens with zero attached hydrogens (tertiary/aromatic N) is 2. The van der Waals surface area contributed by atoms with Gasteiger partial charge in [-0.1, -0.05) is 12.1 Å². The number of carbonyl (C=O) groups is 1. The Morgan fingerprint density at radius 2 is 1.79 bits per heavy atom. The van der Waals surface area contributed by atoms with Crippen molar-refractivity contribution in [3.63, 3.8) is 0 Å². The van der Waals surface area contributed by atoms with E-state index in [0.717, 1.165) is 5.56 Å². The number of carbonyl (C=O) groups excluding carboxylic acids is 1. The summed E-state index contributed by atoms with van der Waals surface area (Å²) in [7, 11) is 0. The molecule has 1 saturated heterocycles. The number of nitro groups is 1. The Hall–Kier alpha value is -2.15. The number of nitrogens with two attached hydrogens (primary N) is 2. The first kappa shape index (κ1) is 13.3. The summed E-state index contributed by atoms with van der Waals surface area (Å²) in [6.45, 7) is 1.01. The molecule has 0 atom stereocenters. The molecule has 4 N–H and O–H groups in total. The Kier molecular flexibility index (Phi) is 3.39. The van der Waals surface area contributed by atoms with Crippen LogP contribution in [0.15, 0.2) is 24.3 Å². The van der Waals surface area contributed by atoms with Crippen molar-refractivity contribution in [1.29, 1.82) is 0 Å². The van der Waals surface area contributed by atoms with Crippen LogP contribution >= 0.6 is 0 Å². The molecule has 1 aromatic rings. The van der Waals surface area contributed by atoms with Crippen LogP contribution < -0.4 is 11.5 Å². The monoisotopic (exact) mass is 264 g/mol. The van der Waals surface area contributed by atoms with E-state index in [1.54, 1.807) is 17.0 Å². The van der Waals surface area contributed by atoms with Crippen molar-refractivity contribution in [2.24, 2.45) is 11.5 Å². The van der Waals surface area contributed by atoms with Gasteiger partial charge in [0.2, 0.25) is 0 Å². The molecule has 2 amide bonds. The second-order valence-corrected chi connectivity index (χ2v) is 4.79. The first-order valence-corrected chi connectivity index (χ1v) is 6.00. The number of benzene rings is 1. The molecule has 2 rings (SSSR count). The van der Waals surface area contributed by atoms with Crippen molar-refractivity contribution in [1.82, 2.24) is 4.90 Å². The lowest BCUT2D eigenvalue weighted by atomic mass is 9.82. The van der Waals surface area contributed by atoms with Gasteiger partial charge in [0.1, 0.15) is 0 Å². The van der Waals surface area contributed by atoms with Crippen molar-refractivity contribution in [3.05, 3.63) is 39.9 Å². The van der Waals surface area contributed by atoms with Gasteiger partial charge in [-0.3, -0.25) is 10.1 Å². The van der Waals surface area contributed by atoms with E-state index in [0.29, 0.717) is 25.9 Å². The zero-order valence-corrected chi connectivity index (χ0v) is 10.4. The van der Waals surface area contributed by atoms with Gasteiger partial charge >= 0.3 is 6.03 Å². The Morgan fingerprint density at radius 1 is 1.26 bits per heavy atom. The fourth-order valence-electron chi connectivity index (χ4n) is 2.33. The number of non-ortho nitro benzene ring substituents is 1. The third-order valence-corrected chi connectivity index (χ3v) is 3.62. The molecule has 7 heteroatoms. The molecule has 19 heavy (non-hydrogen) atoms. The largest absolute Gasteiger partial charge is 0.351 e. The Morgan fingerprint density at radius 3 is 2.21 bits per heavy atom. The molecule has 1 aliphatic rings. The summed E-state index contributed by atoms with van der Waals surface area (Å²) >= 11 is 0. The maximum Gasteiger partial charge on any atom is 0.314 e. The summed E-state index contributed by atoms with van der Waals surface area (Å²) in [5.41, 5.74) is 11.9. The highest BCUT2D eigenvalue weighted by molar-refractivity contribution is 5.72. The van der Waals surface area contributed by atoms with E-state index < -0.39 is 16.5 Å². The van der Waals surface area contributed by atoms with Crippen LogP contribution in [0.5, 0.6) is 0 Å². The maximum atomic E-state index is 11.1. The zero-order valence-electron chi connectivity index (χ0n) is 10.4. The van der Waals surface area contributed by atoms with E-state index in [1.807, 2.05) is 0 Å². The van der Waals surface area contributed by atoms with Gasteiger partial charge in [-0.05, 0) is 18.4 Å². The van der Waals surface area contributed by atoms with Gasteiger partial charge in [0, 0.05) is 30.8 Å². The quantitative estimate of drug-likeness (QED) is 0.610. The molecule has 0 aliphatic carbocycles. The van der Waals surface area contributed by atoms with E-state index in [-0.39, 0.29) is 5.69 Å². The SMILES string of the molecule is NC(=O)N1CCC(N)(c2ccc([N+](=O)[O-])cc2)CC1. The van der Waals surface area contributed by atoms with Gasteiger partial charge in [-0.2, -0.15) is 0 Å². The average molecular weight is 264 g/mol. The minimum Gasteiger partial charge on any atom is -0.351 e. The van der Waals surface area contributed by atoms with Crippen LogP contribution in [0.1, 0.15) is 18.4 Å². The van der Waals surface area contributed by atoms with Crippen LogP contribution in [0, 0.1) is 10.1 Å². The molecule has 7 nitrogen and oxygen atoms in total. The van der Waals surface area contributed by atoms with Crippen LogP contribution in [-0.2, 0) is 5.54 Å². The first-order chi connectivity index (χ1) is 8.92. The molecule has 102 valence electrons. The molecule has 1 aliphatic heterocycles. The normalized spacial score (nSPS) is 18.1. The summed E-state index contributed by atoms with van der Waals surface area (Å²) in [5, 5.41) is 10.6. The molecule has 0 unspecified atom stereocenters. The maximum absolute atomic E-state index is 11.1. The number of piperidine rings is 1. The van der Waals surface area contributed by atoms with Gasteiger partial charge in [0.25, 0.3) is 5.69 Å². The van der Waals surface area contributed by atoms with Gasteiger partial charge < -0.3 is 16.4 Å². The fourth-order valence-corrected chi connectivity index (χ4v) is 2.33. The predicted octanol–water partition coefficient (Wildman–Crippen LogP) is 0.923. The summed E-state index contributed by atoms with van der Waals surface area (Å²) < 4.78 is 0. The predicted molar refractivity (Wildman–Crippen MR) is 69.4 cm³/mol. The first-order valence-electron chi connectivity index (χ1n) is 6.00. The van der Waals surface area contributed by atoms with Gasteiger partial charge in [-0.25, -0.2) is 4.79 Å². The minimum atomic E-state index is -0.554. The average Bonchev–Trinajstić information content (AvgIpc) is 2.39. The van der Waals surface area contributed by atoms with Crippen LogP contribution in [-0.4, -0.2) is 28.9 Å². The molecule has 1 aromatic carbocycles. The number of nitro benzene ring substituents is 1. The standard InChI is InChI=1S/C12H16N4O3/c13-11(17)15-7-5-12(14,6-8-15)9-1-3-10(4-2-9)16(18)19/h1-4H,5-8,14H2,(H2,13,17). The van der Waals surface area contributed by atoms with E-state index in [1.165, 1.54) is 12.1 Å². The molecule has 0 aromatic heterocycles. The van der Waals surface area contributed by atoms with Crippen molar-refractivity contribution in [2.75, 3.05) is 13.1 Å². The summed E-state index contributed by atoms with van der Waals surface area (Å²) in [4.78, 5) is 22.8. The van der Waals surface area contributed by atoms with Gasteiger partial charge in [-0.15, -0.1) is 0 Å². The third-order valence-electron chi connectivity index (χ3n) is 3.62. The van der Waals surface area contributed by atoms with Crippen LogP contribution in [0.2, 0.25) is 0 Å².